The zero-order valence-electron chi connectivity index (χ0n) is 17.8. The molecule has 0 unspecified atom stereocenters. The number of carbonyl (C=O) groups is 3. The normalized spacial score (nSPS) is 8.33. The van der Waals surface area contributed by atoms with E-state index in [-0.39, 0.29) is 26.2 Å². The molecule has 0 bridgehead atoms. The first-order valence-electron chi connectivity index (χ1n) is 9.67. The third kappa shape index (κ3) is 67.2. The first kappa shape index (κ1) is 37.1. The van der Waals surface area contributed by atoms with Crippen LogP contribution in [0.15, 0.2) is 0 Å². The summed E-state index contributed by atoms with van der Waals surface area (Å²) in [5.74, 6) is -2.05. The Morgan fingerprint density at radius 2 is 0.741 bits per heavy atom. The van der Waals surface area contributed by atoms with Gasteiger partial charge >= 0.3 is 17.9 Å². The van der Waals surface area contributed by atoms with Crippen LogP contribution in [0, 0.1) is 6.92 Å². The Morgan fingerprint density at radius 3 is 0.852 bits per heavy atom. The van der Waals surface area contributed by atoms with Crippen LogP contribution in [0.4, 0.5) is 0 Å². The molecule has 0 aliphatic carbocycles. The summed E-state index contributed by atoms with van der Waals surface area (Å²) in [6.07, 6.45) is 9.83. The van der Waals surface area contributed by atoms with Crippen LogP contribution >= 0.6 is 0 Å². The van der Waals surface area contributed by atoms with Crippen molar-refractivity contribution in [2.75, 3.05) is 0 Å². The zero-order valence-corrected chi connectivity index (χ0v) is 20.2. The summed E-state index contributed by atoms with van der Waals surface area (Å²) in [5.41, 5.74) is 0. The van der Waals surface area contributed by atoms with E-state index >= 15 is 0 Å². The van der Waals surface area contributed by atoms with Crippen LogP contribution in [-0.2, 0) is 40.6 Å². The number of carboxylic acid groups (broad SMARTS) is 3. The SMILES string of the molecule is CCCCCC(=O)O.CCCCCC(=O)O.CCCCCC(=O)O.[CH2-]C.[Zr]. The van der Waals surface area contributed by atoms with E-state index in [1.54, 1.807) is 6.92 Å². The predicted octanol–water partition coefficient (Wildman–Crippen LogP) is 5.79. The molecule has 0 saturated heterocycles. The first-order chi connectivity index (χ1) is 12.3. The number of rotatable bonds is 12. The van der Waals surface area contributed by atoms with Crippen molar-refractivity contribution in [1.29, 1.82) is 0 Å². The largest absolute Gasteiger partial charge is 0.481 e. The molecule has 0 fully saturated rings. The van der Waals surface area contributed by atoms with Crippen molar-refractivity contribution >= 4 is 17.9 Å². The molecule has 7 heteroatoms. The van der Waals surface area contributed by atoms with Gasteiger partial charge < -0.3 is 22.2 Å². The minimum absolute atomic E-state index is 0. The van der Waals surface area contributed by atoms with Crippen molar-refractivity contribution in [1.82, 2.24) is 0 Å². The topological polar surface area (TPSA) is 112 Å². The van der Waals surface area contributed by atoms with Crippen molar-refractivity contribution in [3.63, 3.8) is 0 Å². The minimum atomic E-state index is -0.682. The molecule has 0 aromatic carbocycles. The van der Waals surface area contributed by atoms with Gasteiger partial charge in [-0.05, 0) is 19.3 Å². The van der Waals surface area contributed by atoms with Crippen LogP contribution in [0.3, 0.4) is 0 Å². The van der Waals surface area contributed by atoms with E-state index in [9.17, 15) is 14.4 Å². The Balaban J connectivity index is -0.0000000840. The summed E-state index contributed by atoms with van der Waals surface area (Å²) in [5, 5.41) is 24.4. The molecule has 0 heterocycles. The number of aliphatic carboxylic acids is 3. The van der Waals surface area contributed by atoms with E-state index in [4.69, 9.17) is 15.3 Å². The molecular weight excluding hydrogens is 427 g/mol. The molecule has 162 valence electrons. The maximum atomic E-state index is 9.87. The molecule has 0 aromatic heterocycles. The molecule has 3 N–H and O–H groups in total. The van der Waals surface area contributed by atoms with Gasteiger partial charge in [0.25, 0.3) is 0 Å². The van der Waals surface area contributed by atoms with Crippen molar-refractivity contribution in [3.8, 4) is 0 Å². The van der Waals surface area contributed by atoms with Crippen LogP contribution in [0.2, 0.25) is 0 Å². The van der Waals surface area contributed by atoms with Gasteiger partial charge in [-0.15, -0.1) is 0 Å². The van der Waals surface area contributed by atoms with Gasteiger partial charge in [0.05, 0.1) is 0 Å². The number of hydrogen-bond acceptors (Lipinski definition) is 3. The number of carboxylic acids is 3. The fourth-order valence-electron chi connectivity index (χ4n) is 1.58. The number of hydrogen-bond donors (Lipinski definition) is 3. The average molecular weight is 469 g/mol. The zero-order chi connectivity index (χ0) is 21.2. The van der Waals surface area contributed by atoms with Gasteiger partial charge in [0.15, 0.2) is 0 Å². The van der Waals surface area contributed by atoms with Gasteiger partial charge in [0, 0.05) is 45.5 Å². The molecule has 0 atom stereocenters. The van der Waals surface area contributed by atoms with Crippen LogP contribution in [0.5, 0.6) is 0 Å². The Labute approximate surface area is 185 Å². The summed E-state index contributed by atoms with van der Waals surface area (Å²) in [7, 11) is 0. The number of unbranched alkanes of at least 4 members (excludes halogenated alkanes) is 6. The van der Waals surface area contributed by atoms with E-state index in [0.717, 1.165) is 57.8 Å². The molecule has 0 saturated carbocycles. The van der Waals surface area contributed by atoms with E-state index in [1.807, 2.05) is 0 Å². The molecule has 0 rings (SSSR count). The van der Waals surface area contributed by atoms with E-state index in [0.29, 0.717) is 19.3 Å². The van der Waals surface area contributed by atoms with Gasteiger partial charge in [-0.2, -0.15) is 6.92 Å². The maximum Gasteiger partial charge on any atom is 0.303 e. The smallest absolute Gasteiger partial charge is 0.303 e. The van der Waals surface area contributed by atoms with Crippen LogP contribution < -0.4 is 0 Å². The molecule has 6 nitrogen and oxygen atoms in total. The summed E-state index contributed by atoms with van der Waals surface area (Å²) >= 11 is 0. The monoisotopic (exact) mass is 467 g/mol. The Kier molecular flexibility index (Phi) is 49.8. The molecule has 0 spiro atoms. The maximum absolute atomic E-state index is 9.87. The standard InChI is InChI=1S/3C6H12O2.C2H5.Zr/c3*1-2-3-4-5-6(7)8;1-2;/h3*2-5H2,1H3,(H,7,8);1H2,2H3;/q;;;-1;. The predicted molar refractivity (Wildman–Crippen MR) is 106 cm³/mol. The van der Waals surface area contributed by atoms with Crippen molar-refractivity contribution in [3.05, 3.63) is 6.92 Å². The Hall–Kier alpha value is -0.707. The molecule has 0 aromatic rings. The van der Waals surface area contributed by atoms with Gasteiger partial charge in [-0.3, -0.25) is 14.4 Å². The van der Waals surface area contributed by atoms with Crippen molar-refractivity contribution in [2.24, 2.45) is 0 Å². The van der Waals surface area contributed by atoms with Gasteiger partial charge in [-0.1, -0.05) is 59.3 Å². The van der Waals surface area contributed by atoms with E-state index in [1.165, 1.54) is 0 Å². The minimum Gasteiger partial charge on any atom is -0.481 e. The average Bonchev–Trinajstić information content (AvgIpc) is 2.58. The third-order valence-corrected chi connectivity index (χ3v) is 2.98. The molecule has 0 aliphatic heterocycles. The van der Waals surface area contributed by atoms with Crippen molar-refractivity contribution < 1.29 is 55.9 Å². The fourth-order valence-corrected chi connectivity index (χ4v) is 1.58. The van der Waals surface area contributed by atoms with Crippen LogP contribution in [-0.4, -0.2) is 33.2 Å². The molecule has 0 aliphatic rings. The molecular formula is C20H41O6Zr-. The molecule has 0 radical (unpaired) electrons. The van der Waals surface area contributed by atoms with Gasteiger partial charge in [0.1, 0.15) is 0 Å². The second-order valence-electron chi connectivity index (χ2n) is 5.55. The van der Waals surface area contributed by atoms with E-state index in [2.05, 4.69) is 27.7 Å². The second-order valence-corrected chi connectivity index (χ2v) is 5.55. The van der Waals surface area contributed by atoms with Crippen LogP contribution in [0.1, 0.15) is 105 Å². The quantitative estimate of drug-likeness (QED) is 0.247. The third-order valence-electron chi connectivity index (χ3n) is 2.98. The summed E-state index contributed by atoms with van der Waals surface area (Å²) in [6.45, 7) is 11.2. The Bertz CT molecular complexity index is 261. The second kappa shape index (κ2) is 36.2. The summed E-state index contributed by atoms with van der Waals surface area (Å²) in [6, 6.07) is 0. The van der Waals surface area contributed by atoms with Gasteiger partial charge in [-0.25, -0.2) is 0 Å². The molecule has 0 amide bonds. The Morgan fingerprint density at radius 1 is 0.556 bits per heavy atom. The first-order valence-corrected chi connectivity index (χ1v) is 9.67. The van der Waals surface area contributed by atoms with Gasteiger partial charge in [0.2, 0.25) is 0 Å². The summed E-state index contributed by atoms with van der Waals surface area (Å²) in [4.78, 5) is 29.6. The van der Waals surface area contributed by atoms with Crippen LogP contribution in [0.25, 0.3) is 0 Å². The molecule has 27 heavy (non-hydrogen) atoms. The van der Waals surface area contributed by atoms with Crippen molar-refractivity contribution in [2.45, 2.75) is 105 Å². The van der Waals surface area contributed by atoms with E-state index < -0.39 is 17.9 Å². The fraction of sp³-hybridized carbons (Fsp3) is 0.800. The summed E-state index contributed by atoms with van der Waals surface area (Å²) < 4.78 is 0.